The molecule has 0 spiro atoms. The highest BCUT2D eigenvalue weighted by molar-refractivity contribution is 6.06. The summed E-state index contributed by atoms with van der Waals surface area (Å²) in [5.74, 6) is 1.49. The lowest BCUT2D eigenvalue weighted by Crippen LogP contribution is -2.46. The molecule has 7 nitrogen and oxygen atoms in total. The molecule has 0 atom stereocenters. The average molecular weight is 463 g/mol. The summed E-state index contributed by atoms with van der Waals surface area (Å²) in [5.41, 5.74) is 2.53. The molecule has 3 N–H and O–H groups in total. The first-order valence-electron chi connectivity index (χ1n) is 12.5. The van der Waals surface area contributed by atoms with Crippen LogP contribution in [0.5, 0.6) is 0 Å². The third-order valence-electron chi connectivity index (χ3n) is 7.24. The third kappa shape index (κ3) is 5.89. The van der Waals surface area contributed by atoms with Crippen LogP contribution in [0.4, 0.5) is 21.9 Å². The highest BCUT2D eigenvalue weighted by Crippen LogP contribution is 2.35. The topological polar surface area (TPSA) is 84.9 Å². The zero-order valence-electron chi connectivity index (χ0n) is 19.6. The van der Waals surface area contributed by atoms with Crippen molar-refractivity contribution in [1.82, 2.24) is 4.90 Å². The van der Waals surface area contributed by atoms with Gasteiger partial charge in [0, 0.05) is 43.5 Å². The Bertz CT molecular complexity index is 1010. The standard InChI is InChI=1S/C27H34N4O3/c32-26(28-24-3-1-2-4-25(24)29-27(33)34)21-9-11-22(12-10-21)31(18-20-7-8-20)23-13-15-30(16-14-23)17-19-5-6-19/h1-4,9-12,19-20,23,29H,5-8,13-18H2,(H,28,32)(H,33,34). The van der Waals surface area contributed by atoms with Gasteiger partial charge < -0.3 is 20.2 Å². The second-order valence-electron chi connectivity index (χ2n) is 10.0. The van der Waals surface area contributed by atoms with Crippen LogP contribution in [0.25, 0.3) is 0 Å². The lowest BCUT2D eigenvalue weighted by atomic mass is 10.0. The Balaban J connectivity index is 1.24. The van der Waals surface area contributed by atoms with Crippen LogP contribution < -0.4 is 15.5 Å². The molecule has 3 aliphatic rings. The van der Waals surface area contributed by atoms with Crippen molar-refractivity contribution in [1.29, 1.82) is 0 Å². The Hall–Kier alpha value is -3.06. The maximum Gasteiger partial charge on any atom is 0.409 e. The van der Waals surface area contributed by atoms with E-state index in [9.17, 15) is 9.59 Å². The normalized spacial score (nSPS) is 18.9. The van der Waals surface area contributed by atoms with Gasteiger partial charge in [0.25, 0.3) is 5.91 Å². The Kier molecular flexibility index (Phi) is 6.72. The molecular formula is C27H34N4O3. The number of hydrogen-bond acceptors (Lipinski definition) is 4. The van der Waals surface area contributed by atoms with Crippen molar-refractivity contribution in [2.45, 2.75) is 44.6 Å². The van der Waals surface area contributed by atoms with Crippen molar-refractivity contribution in [3.05, 3.63) is 54.1 Å². The van der Waals surface area contributed by atoms with E-state index in [1.54, 1.807) is 24.3 Å². The molecule has 0 unspecified atom stereocenters. The molecule has 7 heteroatoms. The summed E-state index contributed by atoms with van der Waals surface area (Å²) >= 11 is 0. The summed E-state index contributed by atoms with van der Waals surface area (Å²) in [6.45, 7) is 4.76. The fourth-order valence-corrected chi connectivity index (χ4v) is 4.94. The molecule has 3 fully saturated rings. The summed E-state index contributed by atoms with van der Waals surface area (Å²) in [5, 5.41) is 14.2. The molecule has 34 heavy (non-hydrogen) atoms. The number of carboxylic acid groups (broad SMARTS) is 1. The van der Waals surface area contributed by atoms with Crippen molar-refractivity contribution >= 4 is 29.1 Å². The summed E-state index contributed by atoms with van der Waals surface area (Å²) in [4.78, 5) is 29.1. The number of piperidine rings is 1. The highest BCUT2D eigenvalue weighted by atomic mass is 16.4. The number of nitrogens with zero attached hydrogens (tertiary/aromatic N) is 2. The molecule has 180 valence electrons. The first kappa shape index (κ1) is 22.7. The second-order valence-corrected chi connectivity index (χ2v) is 10.0. The maximum atomic E-state index is 12.8. The molecule has 1 heterocycles. The first-order valence-corrected chi connectivity index (χ1v) is 12.5. The minimum atomic E-state index is -1.17. The number of likely N-dealkylation sites (tertiary alicyclic amines) is 1. The number of para-hydroxylation sites is 2. The van der Waals surface area contributed by atoms with Gasteiger partial charge in [-0.3, -0.25) is 10.1 Å². The van der Waals surface area contributed by atoms with Gasteiger partial charge in [-0.25, -0.2) is 4.79 Å². The Morgan fingerprint density at radius 1 is 0.853 bits per heavy atom. The van der Waals surface area contributed by atoms with Crippen LogP contribution in [-0.2, 0) is 0 Å². The molecular weight excluding hydrogens is 428 g/mol. The van der Waals surface area contributed by atoms with E-state index in [4.69, 9.17) is 5.11 Å². The molecule has 5 rings (SSSR count). The quantitative estimate of drug-likeness (QED) is 0.482. The van der Waals surface area contributed by atoms with Crippen molar-refractivity contribution < 1.29 is 14.7 Å². The molecule has 0 aromatic heterocycles. The number of hydrogen-bond donors (Lipinski definition) is 3. The van der Waals surface area contributed by atoms with E-state index in [1.165, 1.54) is 63.8 Å². The average Bonchev–Trinajstić information content (AvgIpc) is 3.76. The third-order valence-corrected chi connectivity index (χ3v) is 7.24. The zero-order valence-corrected chi connectivity index (χ0v) is 19.6. The fraction of sp³-hybridized carbons (Fsp3) is 0.481. The first-order chi connectivity index (χ1) is 16.5. The zero-order chi connectivity index (χ0) is 23.5. The van der Waals surface area contributed by atoms with E-state index in [-0.39, 0.29) is 5.91 Å². The molecule has 2 amide bonds. The Morgan fingerprint density at radius 3 is 2.06 bits per heavy atom. The van der Waals surface area contributed by atoms with Gasteiger partial charge in [-0.1, -0.05) is 12.1 Å². The maximum absolute atomic E-state index is 12.8. The summed E-state index contributed by atoms with van der Waals surface area (Å²) in [6, 6.07) is 15.2. The molecule has 2 aromatic rings. The van der Waals surface area contributed by atoms with Crippen molar-refractivity contribution in [2.75, 3.05) is 41.7 Å². The number of nitrogens with one attached hydrogen (secondary N) is 2. The summed E-state index contributed by atoms with van der Waals surface area (Å²) in [6.07, 6.45) is 6.71. The van der Waals surface area contributed by atoms with E-state index in [0.717, 1.165) is 18.4 Å². The lowest BCUT2D eigenvalue weighted by molar-refractivity contribution is 0.102. The van der Waals surface area contributed by atoms with Gasteiger partial charge in [-0.05, 0) is 86.8 Å². The largest absolute Gasteiger partial charge is 0.465 e. The van der Waals surface area contributed by atoms with Gasteiger partial charge in [0.2, 0.25) is 0 Å². The Labute approximate surface area is 201 Å². The van der Waals surface area contributed by atoms with Gasteiger partial charge in [-0.15, -0.1) is 0 Å². The molecule has 0 radical (unpaired) electrons. The van der Waals surface area contributed by atoms with Gasteiger partial charge in [-0.2, -0.15) is 0 Å². The Morgan fingerprint density at radius 2 is 1.47 bits per heavy atom. The SMILES string of the molecule is O=C(O)Nc1ccccc1NC(=O)c1ccc(N(CC2CC2)C2CCN(CC3CC3)CC2)cc1. The minimum absolute atomic E-state index is 0.256. The van der Waals surface area contributed by atoms with Crippen LogP contribution in [0.15, 0.2) is 48.5 Å². The van der Waals surface area contributed by atoms with Gasteiger partial charge in [0.15, 0.2) is 0 Å². The minimum Gasteiger partial charge on any atom is -0.465 e. The second kappa shape index (κ2) is 10.1. The smallest absolute Gasteiger partial charge is 0.409 e. The number of amides is 2. The van der Waals surface area contributed by atoms with Crippen molar-refractivity contribution in [2.24, 2.45) is 11.8 Å². The number of carbonyl (C=O) groups excluding carboxylic acids is 1. The number of carbonyl (C=O) groups is 2. The molecule has 2 aromatic carbocycles. The van der Waals surface area contributed by atoms with Gasteiger partial charge in [0.05, 0.1) is 11.4 Å². The van der Waals surface area contributed by atoms with Crippen LogP contribution >= 0.6 is 0 Å². The van der Waals surface area contributed by atoms with Gasteiger partial charge >= 0.3 is 6.09 Å². The lowest BCUT2D eigenvalue weighted by Gasteiger charge is -2.40. The number of rotatable bonds is 9. The van der Waals surface area contributed by atoms with E-state index >= 15 is 0 Å². The van der Waals surface area contributed by atoms with Crippen LogP contribution in [0.1, 0.15) is 48.9 Å². The monoisotopic (exact) mass is 462 g/mol. The molecule has 0 bridgehead atoms. The van der Waals surface area contributed by atoms with Crippen LogP contribution in [0, 0.1) is 11.8 Å². The van der Waals surface area contributed by atoms with E-state index in [2.05, 4.69) is 32.6 Å². The number of benzene rings is 2. The van der Waals surface area contributed by atoms with Crippen molar-refractivity contribution in [3.8, 4) is 0 Å². The summed E-state index contributed by atoms with van der Waals surface area (Å²) in [7, 11) is 0. The molecule has 2 aliphatic carbocycles. The van der Waals surface area contributed by atoms with Gasteiger partial charge in [0.1, 0.15) is 0 Å². The predicted molar refractivity (Wildman–Crippen MR) is 135 cm³/mol. The predicted octanol–water partition coefficient (Wildman–Crippen LogP) is 5.12. The molecule has 2 saturated carbocycles. The van der Waals surface area contributed by atoms with E-state index in [1.807, 2.05) is 12.1 Å². The van der Waals surface area contributed by atoms with E-state index < -0.39 is 6.09 Å². The fourth-order valence-electron chi connectivity index (χ4n) is 4.94. The van der Waals surface area contributed by atoms with Crippen LogP contribution in [0.3, 0.4) is 0 Å². The van der Waals surface area contributed by atoms with Crippen molar-refractivity contribution in [3.63, 3.8) is 0 Å². The van der Waals surface area contributed by atoms with Crippen LogP contribution in [-0.4, -0.2) is 54.2 Å². The summed E-state index contributed by atoms with van der Waals surface area (Å²) < 4.78 is 0. The number of anilines is 3. The van der Waals surface area contributed by atoms with Crippen LogP contribution in [0.2, 0.25) is 0 Å². The van der Waals surface area contributed by atoms with E-state index in [0.29, 0.717) is 23.0 Å². The molecule has 1 saturated heterocycles. The molecule has 1 aliphatic heterocycles. The highest BCUT2D eigenvalue weighted by Gasteiger charge is 2.32.